The first kappa shape index (κ1) is 10.6. The molecule has 15 heavy (non-hydrogen) atoms. The third-order valence-electron chi connectivity index (χ3n) is 2.85. The van der Waals surface area contributed by atoms with Gasteiger partial charge in [-0.1, -0.05) is 6.92 Å². The molecule has 4 nitrogen and oxygen atoms in total. The fraction of sp³-hybridized carbons (Fsp3) is 0.500. The molecule has 0 saturated heterocycles. The summed E-state index contributed by atoms with van der Waals surface area (Å²) in [6.07, 6.45) is 0.954. The van der Waals surface area contributed by atoms with Crippen LogP contribution in [-0.4, -0.2) is 23.9 Å². The monoisotopic (exact) mass is 225 g/mol. The number of nitrogens with one attached hydrogen (secondary N) is 1. The number of hydrogen-bond acceptors (Lipinski definition) is 4. The van der Waals surface area contributed by atoms with Crippen molar-refractivity contribution >= 4 is 17.2 Å². The average molecular weight is 225 g/mol. The Morgan fingerprint density at radius 3 is 3.20 bits per heavy atom. The summed E-state index contributed by atoms with van der Waals surface area (Å²) in [6.45, 7) is 5.22. The summed E-state index contributed by atoms with van der Waals surface area (Å²) in [5, 5.41) is 1.91. The van der Waals surface area contributed by atoms with Crippen molar-refractivity contribution in [2.75, 3.05) is 13.1 Å². The number of carbonyl (C=O) groups excluding carboxylic acids is 1. The zero-order valence-corrected chi connectivity index (χ0v) is 9.56. The third-order valence-corrected chi connectivity index (χ3v) is 3.86. The highest BCUT2D eigenvalue weighted by Crippen LogP contribution is 2.28. The highest BCUT2D eigenvalue weighted by Gasteiger charge is 2.22. The van der Waals surface area contributed by atoms with Gasteiger partial charge in [0.05, 0.1) is 5.56 Å². The molecule has 1 aliphatic rings. The second-order valence-corrected chi connectivity index (χ2v) is 4.61. The zero-order valence-electron chi connectivity index (χ0n) is 8.75. The Kier molecular flexibility index (Phi) is 3.04. The van der Waals surface area contributed by atoms with E-state index in [1.165, 1.54) is 10.4 Å². The molecule has 0 fully saturated rings. The Morgan fingerprint density at radius 2 is 2.53 bits per heavy atom. The zero-order chi connectivity index (χ0) is 10.8. The minimum absolute atomic E-state index is 0.169. The van der Waals surface area contributed by atoms with E-state index in [4.69, 9.17) is 5.84 Å². The summed E-state index contributed by atoms with van der Waals surface area (Å²) >= 11 is 1.66. The van der Waals surface area contributed by atoms with Crippen LogP contribution in [0, 0.1) is 0 Å². The first-order valence-electron chi connectivity index (χ1n) is 5.08. The van der Waals surface area contributed by atoms with Gasteiger partial charge in [0.25, 0.3) is 5.91 Å². The van der Waals surface area contributed by atoms with Crippen molar-refractivity contribution in [3.63, 3.8) is 0 Å². The van der Waals surface area contributed by atoms with Crippen LogP contribution in [0.25, 0.3) is 0 Å². The van der Waals surface area contributed by atoms with E-state index in [1.54, 1.807) is 11.3 Å². The summed E-state index contributed by atoms with van der Waals surface area (Å²) in [4.78, 5) is 15.1. The normalized spacial score (nSPS) is 16.1. The van der Waals surface area contributed by atoms with E-state index in [2.05, 4.69) is 17.2 Å². The second kappa shape index (κ2) is 4.30. The third kappa shape index (κ3) is 1.90. The molecule has 0 saturated carbocycles. The Labute approximate surface area is 93.0 Å². The van der Waals surface area contributed by atoms with Crippen LogP contribution >= 0.6 is 11.3 Å². The van der Waals surface area contributed by atoms with Gasteiger partial charge in [0, 0.05) is 23.3 Å². The molecular formula is C10H15N3OS. The van der Waals surface area contributed by atoms with Crippen molar-refractivity contribution in [1.29, 1.82) is 0 Å². The fourth-order valence-corrected chi connectivity index (χ4v) is 3.04. The molecule has 1 aliphatic heterocycles. The number of nitrogens with zero attached hydrogens (tertiary/aromatic N) is 1. The molecule has 0 bridgehead atoms. The van der Waals surface area contributed by atoms with E-state index in [0.717, 1.165) is 31.6 Å². The number of amides is 1. The molecular weight excluding hydrogens is 210 g/mol. The summed E-state index contributed by atoms with van der Waals surface area (Å²) in [6, 6.07) is 0. The molecule has 2 rings (SSSR count). The summed E-state index contributed by atoms with van der Waals surface area (Å²) in [7, 11) is 0. The van der Waals surface area contributed by atoms with Gasteiger partial charge in [-0.05, 0) is 18.5 Å². The van der Waals surface area contributed by atoms with Crippen molar-refractivity contribution < 1.29 is 4.79 Å². The van der Waals surface area contributed by atoms with Crippen LogP contribution in [-0.2, 0) is 13.0 Å². The summed E-state index contributed by atoms with van der Waals surface area (Å²) in [5.74, 6) is 4.98. The molecule has 0 aromatic carbocycles. The molecule has 0 atom stereocenters. The van der Waals surface area contributed by atoms with Gasteiger partial charge < -0.3 is 0 Å². The van der Waals surface area contributed by atoms with Crippen LogP contribution < -0.4 is 11.3 Å². The minimum atomic E-state index is -0.169. The topological polar surface area (TPSA) is 58.4 Å². The van der Waals surface area contributed by atoms with Gasteiger partial charge in [0.2, 0.25) is 0 Å². The maximum atomic E-state index is 11.5. The highest BCUT2D eigenvalue weighted by molar-refractivity contribution is 7.10. The molecule has 1 aromatic heterocycles. The lowest BCUT2D eigenvalue weighted by molar-refractivity contribution is 0.0952. The van der Waals surface area contributed by atoms with Gasteiger partial charge >= 0.3 is 0 Å². The van der Waals surface area contributed by atoms with Gasteiger partial charge in [-0.3, -0.25) is 15.1 Å². The van der Waals surface area contributed by atoms with Gasteiger partial charge in [-0.2, -0.15) is 0 Å². The Hall–Kier alpha value is -0.910. The number of rotatable bonds is 2. The van der Waals surface area contributed by atoms with Crippen LogP contribution in [0.2, 0.25) is 0 Å². The highest BCUT2D eigenvalue weighted by atomic mass is 32.1. The van der Waals surface area contributed by atoms with Crippen LogP contribution in [0.5, 0.6) is 0 Å². The molecule has 3 N–H and O–H groups in total. The van der Waals surface area contributed by atoms with Crippen LogP contribution in [0.1, 0.15) is 27.7 Å². The van der Waals surface area contributed by atoms with Crippen LogP contribution in [0.15, 0.2) is 5.38 Å². The molecule has 0 spiro atoms. The molecule has 0 radical (unpaired) electrons. The number of nitrogens with two attached hydrogens (primary N) is 1. The van der Waals surface area contributed by atoms with Crippen molar-refractivity contribution in [2.45, 2.75) is 19.9 Å². The Balaban J connectivity index is 2.26. The molecule has 5 heteroatoms. The number of carbonyl (C=O) groups is 1. The van der Waals surface area contributed by atoms with Gasteiger partial charge in [0.15, 0.2) is 0 Å². The average Bonchev–Trinajstić information content (AvgIpc) is 2.70. The standard InChI is InChI=1S/C10H15N3OS/c1-2-13-4-3-7-8(10(14)12-11)6-15-9(7)5-13/h6H,2-5,11H2,1H3,(H,12,14). The number of thiophene rings is 1. The number of hydrogen-bond donors (Lipinski definition) is 2. The van der Waals surface area contributed by atoms with E-state index in [9.17, 15) is 4.79 Å². The molecule has 82 valence electrons. The Morgan fingerprint density at radius 1 is 1.73 bits per heavy atom. The van der Waals surface area contributed by atoms with E-state index in [0.29, 0.717) is 0 Å². The maximum absolute atomic E-state index is 11.5. The predicted molar refractivity (Wildman–Crippen MR) is 60.6 cm³/mol. The summed E-state index contributed by atoms with van der Waals surface area (Å²) < 4.78 is 0. The predicted octanol–water partition coefficient (Wildman–Crippen LogP) is 0.730. The van der Waals surface area contributed by atoms with E-state index >= 15 is 0 Å². The molecule has 2 heterocycles. The fourth-order valence-electron chi connectivity index (χ4n) is 1.92. The number of likely N-dealkylation sites (N-methyl/N-ethyl adjacent to an activating group) is 1. The summed E-state index contributed by atoms with van der Waals surface area (Å²) in [5.41, 5.74) is 4.14. The maximum Gasteiger partial charge on any atom is 0.266 e. The van der Waals surface area contributed by atoms with E-state index in [-0.39, 0.29) is 5.91 Å². The first-order chi connectivity index (χ1) is 7.26. The van der Waals surface area contributed by atoms with Crippen molar-refractivity contribution in [3.8, 4) is 0 Å². The lowest BCUT2D eigenvalue weighted by atomic mass is 10.0. The smallest absolute Gasteiger partial charge is 0.266 e. The SMILES string of the molecule is CCN1CCc2c(C(=O)NN)csc2C1. The quantitative estimate of drug-likeness (QED) is 0.443. The number of fused-ring (bicyclic) bond motifs is 1. The van der Waals surface area contributed by atoms with Crippen molar-refractivity contribution in [2.24, 2.45) is 5.84 Å². The molecule has 1 amide bonds. The number of hydrazine groups is 1. The molecule has 0 unspecified atom stereocenters. The van der Waals surface area contributed by atoms with Crippen LogP contribution in [0.4, 0.5) is 0 Å². The molecule has 0 aliphatic carbocycles. The lowest BCUT2D eigenvalue weighted by Gasteiger charge is -2.25. The second-order valence-electron chi connectivity index (χ2n) is 3.64. The van der Waals surface area contributed by atoms with E-state index < -0.39 is 0 Å². The number of nitrogen functional groups attached to an aromatic ring is 1. The van der Waals surface area contributed by atoms with Crippen LogP contribution in [0.3, 0.4) is 0 Å². The lowest BCUT2D eigenvalue weighted by Crippen LogP contribution is -2.33. The Bertz CT molecular complexity index is 375. The van der Waals surface area contributed by atoms with Crippen molar-refractivity contribution in [3.05, 3.63) is 21.4 Å². The van der Waals surface area contributed by atoms with Gasteiger partial charge in [0.1, 0.15) is 0 Å². The van der Waals surface area contributed by atoms with E-state index in [1.807, 2.05) is 5.38 Å². The molecule has 1 aromatic rings. The largest absolute Gasteiger partial charge is 0.298 e. The minimum Gasteiger partial charge on any atom is -0.298 e. The van der Waals surface area contributed by atoms with Gasteiger partial charge in [-0.15, -0.1) is 11.3 Å². The first-order valence-corrected chi connectivity index (χ1v) is 5.96. The van der Waals surface area contributed by atoms with Gasteiger partial charge in [-0.25, -0.2) is 5.84 Å². The van der Waals surface area contributed by atoms with Crippen molar-refractivity contribution in [1.82, 2.24) is 10.3 Å².